The Bertz CT molecular complexity index is 555. The Labute approximate surface area is 127 Å². The number of hydrogen-bond acceptors (Lipinski definition) is 3. The van der Waals surface area contributed by atoms with Gasteiger partial charge in [-0.25, -0.2) is 4.98 Å². The van der Waals surface area contributed by atoms with Gasteiger partial charge in [-0.15, -0.1) is 11.3 Å². The van der Waals surface area contributed by atoms with E-state index in [0.29, 0.717) is 6.61 Å². The highest BCUT2D eigenvalue weighted by molar-refractivity contribution is 9.10. The average molecular weight is 340 g/mol. The molecule has 1 atom stereocenters. The Morgan fingerprint density at radius 2 is 2.05 bits per heavy atom. The second-order valence-electron chi connectivity index (χ2n) is 4.54. The minimum Gasteiger partial charge on any atom is -0.368 e. The van der Waals surface area contributed by atoms with Crippen molar-refractivity contribution in [2.75, 3.05) is 6.61 Å². The second-order valence-corrected chi connectivity index (χ2v) is 6.25. The van der Waals surface area contributed by atoms with Crippen LogP contribution in [0.3, 0.4) is 0 Å². The lowest BCUT2D eigenvalue weighted by atomic mass is 10.0. The Morgan fingerprint density at radius 1 is 1.32 bits per heavy atom. The molecule has 0 bridgehead atoms. The maximum Gasteiger partial charge on any atom is 0.125 e. The van der Waals surface area contributed by atoms with E-state index in [9.17, 15) is 0 Å². The molecular weight excluding hydrogens is 322 g/mol. The summed E-state index contributed by atoms with van der Waals surface area (Å²) in [5, 5.41) is 3.14. The van der Waals surface area contributed by atoms with Gasteiger partial charge in [-0.2, -0.15) is 0 Å². The quantitative estimate of drug-likeness (QED) is 0.743. The highest BCUT2D eigenvalue weighted by atomic mass is 79.9. The van der Waals surface area contributed by atoms with Crippen LogP contribution in [0, 0.1) is 0 Å². The maximum absolute atomic E-state index is 5.88. The van der Waals surface area contributed by atoms with Crippen molar-refractivity contribution in [2.45, 2.75) is 32.8 Å². The first-order chi connectivity index (χ1) is 9.10. The molecule has 4 heteroatoms. The number of halogens is 1. The van der Waals surface area contributed by atoms with Crippen molar-refractivity contribution in [2.24, 2.45) is 0 Å². The minimum absolute atomic E-state index is 0.279. The van der Waals surface area contributed by atoms with Crippen molar-refractivity contribution < 1.29 is 4.74 Å². The van der Waals surface area contributed by atoms with Crippen molar-refractivity contribution >= 4 is 27.3 Å². The fourth-order valence-electron chi connectivity index (χ4n) is 1.94. The molecule has 2 rings (SSSR count). The third-order valence-corrected chi connectivity index (χ3v) is 5.02. The minimum atomic E-state index is -0.279. The normalized spacial score (nSPS) is 14.3. The van der Waals surface area contributed by atoms with E-state index in [2.05, 4.69) is 41.2 Å². The smallest absolute Gasteiger partial charge is 0.125 e. The molecular formula is C15H18BrNOS. The fourth-order valence-corrected chi connectivity index (χ4v) is 3.44. The topological polar surface area (TPSA) is 22.1 Å². The van der Waals surface area contributed by atoms with E-state index in [1.807, 2.05) is 25.1 Å². The molecule has 0 aliphatic rings. The molecule has 1 unspecified atom stereocenters. The largest absolute Gasteiger partial charge is 0.368 e. The van der Waals surface area contributed by atoms with Crippen molar-refractivity contribution in [1.82, 2.24) is 4.98 Å². The molecule has 0 radical (unpaired) electrons. The summed E-state index contributed by atoms with van der Waals surface area (Å²) in [7, 11) is 0. The number of benzene rings is 1. The summed E-state index contributed by atoms with van der Waals surface area (Å²) >= 11 is 5.24. The van der Waals surface area contributed by atoms with Crippen LogP contribution < -0.4 is 0 Å². The van der Waals surface area contributed by atoms with E-state index in [-0.39, 0.29) is 5.60 Å². The number of aromatic nitrogens is 1. The van der Waals surface area contributed by atoms with E-state index >= 15 is 0 Å². The summed E-state index contributed by atoms with van der Waals surface area (Å²) in [5.41, 5.74) is 1.85. The number of nitrogens with zero attached hydrogens (tertiary/aromatic N) is 1. The van der Waals surface area contributed by atoms with Gasteiger partial charge in [0.2, 0.25) is 0 Å². The standard InChI is InChI=1S/C15H18BrNOS/c1-4-15(3,18-5-2)14-17-13(10-19-14)11-8-6-7-9-12(11)16/h6-10H,4-5H2,1-3H3. The SMILES string of the molecule is CCOC(C)(CC)c1nc(-c2ccccc2Br)cs1. The lowest BCUT2D eigenvalue weighted by Gasteiger charge is -2.25. The Hall–Kier alpha value is -0.710. The lowest BCUT2D eigenvalue weighted by molar-refractivity contribution is -0.0324. The van der Waals surface area contributed by atoms with E-state index in [1.54, 1.807) is 11.3 Å². The molecule has 0 spiro atoms. The molecule has 0 saturated heterocycles. The molecule has 0 N–H and O–H groups in total. The summed E-state index contributed by atoms with van der Waals surface area (Å²) in [4.78, 5) is 4.77. The molecule has 102 valence electrons. The molecule has 0 amide bonds. The van der Waals surface area contributed by atoms with Crippen molar-refractivity contribution in [3.63, 3.8) is 0 Å². The van der Waals surface area contributed by atoms with Crippen LogP contribution in [-0.2, 0) is 10.3 Å². The summed E-state index contributed by atoms with van der Waals surface area (Å²) in [6, 6.07) is 8.15. The molecule has 2 nitrogen and oxygen atoms in total. The zero-order valence-electron chi connectivity index (χ0n) is 11.4. The van der Waals surface area contributed by atoms with Gasteiger partial charge in [-0.3, -0.25) is 0 Å². The van der Waals surface area contributed by atoms with Gasteiger partial charge >= 0.3 is 0 Å². The third-order valence-electron chi connectivity index (χ3n) is 3.24. The van der Waals surface area contributed by atoms with Gasteiger partial charge in [-0.05, 0) is 26.3 Å². The van der Waals surface area contributed by atoms with Gasteiger partial charge in [0.1, 0.15) is 10.6 Å². The predicted molar refractivity (Wildman–Crippen MR) is 84.5 cm³/mol. The van der Waals surface area contributed by atoms with E-state index in [4.69, 9.17) is 9.72 Å². The molecule has 2 aromatic rings. The fraction of sp³-hybridized carbons (Fsp3) is 0.400. The highest BCUT2D eigenvalue weighted by Gasteiger charge is 2.28. The van der Waals surface area contributed by atoms with Crippen LogP contribution in [0.15, 0.2) is 34.1 Å². The van der Waals surface area contributed by atoms with Crippen molar-refractivity contribution in [3.05, 3.63) is 39.1 Å². The molecule has 0 fully saturated rings. The van der Waals surface area contributed by atoms with Crippen LogP contribution in [-0.4, -0.2) is 11.6 Å². The first-order valence-electron chi connectivity index (χ1n) is 6.45. The molecule has 1 aromatic heterocycles. The van der Waals surface area contributed by atoms with Gasteiger partial charge in [0.25, 0.3) is 0 Å². The molecule has 0 aliphatic carbocycles. The molecule has 1 aromatic carbocycles. The van der Waals surface area contributed by atoms with Crippen LogP contribution in [0.25, 0.3) is 11.3 Å². The zero-order chi connectivity index (χ0) is 13.9. The summed E-state index contributed by atoms with van der Waals surface area (Å²) in [6.07, 6.45) is 0.920. The molecule has 0 saturated carbocycles. The Kier molecular flexibility index (Phi) is 4.76. The Morgan fingerprint density at radius 3 is 2.68 bits per heavy atom. The predicted octanol–water partition coefficient (Wildman–Crippen LogP) is 5.23. The van der Waals surface area contributed by atoms with Crippen LogP contribution >= 0.6 is 27.3 Å². The van der Waals surface area contributed by atoms with Crippen LogP contribution in [0.4, 0.5) is 0 Å². The summed E-state index contributed by atoms with van der Waals surface area (Å²) in [5.74, 6) is 0. The molecule has 0 aliphatic heterocycles. The Balaban J connectivity index is 2.36. The van der Waals surface area contributed by atoms with E-state index in [0.717, 1.165) is 27.2 Å². The first-order valence-corrected chi connectivity index (χ1v) is 8.13. The van der Waals surface area contributed by atoms with Crippen LogP contribution in [0.1, 0.15) is 32.2 Å². The van der Waals surface area contributed by atoms with Crippen molar-refractivity contribution in [1.29, 1.82) is 0 Å². The zero-order valence-corrected chi connectivity index (χ0v) is 13.8. The lowest BCUT2D eigenvalue weighted by Crippen LogP contribution is -2.24. The summed E-state index contributed by atoms with van der Waals surface area (Å²) in [6.45, 7) is 6.97. The van der Waals surface area contributed by atoms with Gasteiger partial charge < -0.3 is 4.74 Å². The van der Waals surface area contributed by atoms with Crippen molar-refractivity contribution in [3.8, 4) is 11.3 Å². The van der Waals surface area contributed by atoms with Crippen LogP contribution in [0.2, 0.25) is 0 Å². The van der Waals surface area contributed by atoms with Crippen LogP contribution in [0.5, 0.6) is 0 Å². The number of thiazole rings is 1. The second kappa shape index (κ2) is 6.16. The highest BCUT2D eigenvalue weighted by Crippen LogP contribution is 2.35. The number of hydrogen-bond donors (Lipinski definition) is 0. The molecule has 1 heterocycles. The van der Waals surface area contributed by atoms with Gasteiger partial charge in [-0.1, -0.05) is 41.1 Å². The number of rotatable bonds is 5. The maximum atomic E-state index is 5.88. The third kappa shape index (κ3) is 3.07. The molecule has 19 heavy (non-hydrogen) atoms. The average Bonchev–Trinajstić information content (AvgIpc) is 2.89. The number of ether oxygens (including phenoxy) is 1. The van der Waals surface area contributed by atoms with Gasteiger partial charge in [0.05, 0.1) is 5.69 Å². The van der Waals surface area contributed by atoms with E-state index < -0.39 is 0 Å². The monoisotopic (exact) mass is 339 g/mol. The van der Waals surface area contributed by atoms with Gasteiger partial charge in [0, 0.05) is 22.0 Å². The first kappa shape index (κ1) is 14.7. The van der Waals surface area contributed by atoms with Gasteiger partial charge in [0.15, 0.2) is 0 Å². The summed E-state index contributed by atoms with van der Waals surface area (Å²) < 4.78 is 6.95. The van der Waals surface area contributed by atoms with E-state index in [1.165, 1.54) is 0 Å².